The minimum atomic E-state index is 0.541. The molecule has 4 heteroatoms. The van der Waals surface area contributed by atoms with Gasteiger partial charge in [0.1, 0.15) is 0 Å². The van der Waals surface area contributed by atoms with Crippen molar-refractivity contribution in [1.29, 1.82) is 0 Å². The zero-order valence-electron chi connectivity index (χ0n) is 10.1. The van der Waals surface area contributed by atoms with Gasteiger partial charge in [-0.15, -0.1) is 10.2 Å². The molecule has 0 amide bonds. The molecule has 2 aromatic carbocycles. The molecule has 0 radical (unpaired) electrons. The maximum Gasteiger partial charge on any atom is 0.235 e. The predicted octanol–water partition coefficient (Wildman–Crippen LogP) is 3.14. The summed E-state index contributed by atoms with van der Waals surface area (Å²) in [5, 5.41) is 13.5. The largest absolute Gasteiger partial charge is 0.424 e. The number of nitrogens with one attached hydrogen (secondary N) is 1. The highest BCUT2D eigenvalue weighted by Crippen LogP contribution is 2.19. The van der Waals surface area contributed by atoms with E-state index in [0.717, 1.165) is 5.69 Å². The molecule has 0 aliphatic carbocycles. The van der Waals surface area contributed by atoms with Crippen LogP contribution in [-0.4, -0.2) is 10.2 Å². The van der Waals surface area contributed by atoms with E-state index in [1.54, 1.807) is 6.92 Å². The summed E-state index contributed by atoms with van der Waals surface area (Å²) in [6.45, 7) is 2.33. The van der Waals surface area contributed by atoms with Crippen molar-refractivity contribution in [3.63, 3.8) is 0 Å². The van der Waals surface area contributed by atoms with Crippen molar-refractivity contribution < 1.29 is 4.42 Å². The molecule has 0 aliphatic heterocycles. The van der Waals surface area contributed by atoms with Crippen LogP contribution in [0.4, 0.5) is 5.69 Å². The number of hydrogen-bond donors (Lipinski definition) is 1. The molecule has 1 aromatic heterocycles. The standard InChI is InChI=1S/C14H13N3O/c1-10-16-17-14(18-10)9-15-13-7-6-11-4-2-3-5-12(11)8-13/h2-8,15H,9H2,1H3. The molecule has 3 aromatic rings. The molecule has 0 aliphatic rings. The fourth-order valence-electron chi connectivity index (χ4n) is 1.89. The number of fused-ring (bicyclic) bond motifs is 1. The summed E-state index contributed by atoms with van der Waals surface area (Å²) in [5.74, 6) is 1.19. The molecule has 0 fully saturated rings. The van der Waals surface area contributed by atoms with E-state index >= 15 is 0 Å². The quantitative estimate of drug-likeness (QED) is 0.762. The Morgan fingerprint density at radius 3 is 2.67 bits per heavy atom. The number of nitrogens with zero attached hydrogens (tertiary/aromatic N) is 2. The molecule has 1 heterocycles. The zero-order chi connectivity index (χ0) is 12.4. The molecule has 0 atom stereocenters. The molecule has 1 N–H and O–H groups in total. The van der Waals surface area contributed by atoms with Gasteiger partial charge in [-0.1, -0.05) is 30.3 Å². The molecular weight excluding hydrogens is 226 g/mol. The van der Waals surface area contributed by atoms with E-state index in [4.69, 9.17) is 4.42 Å². The molecule has 18 heavy (non-hydrogen) atoms. The lowest BCUT2D eigenvalue weighted by molar-refractivity contribution is 0.475. The molecule has 3 rings (SSSR count). The van der Waals surface area contributed by atoms with Gasteiger partial charge in [-0.3, -0.25) is 0 Å². The number of hydrogen-bond acceptors (Lipinski definition) is 4. The van der Waals surface area contributed by atoms with E-state index in [1.807, 2.05) is 18.2 Å². The van der Waals surface area contributed by atoms with Crippen LogP contribution in [0.3, 0.4) is 0 Å². The third-order valence-electron chi connectivity index (χ3n) is 2.76. The van der Waals surface area contributed by atoms with Crippen LogP contribution >= 0.6 is 0 Å². The lowest BCUT2D eigenvalue weighted by Gasteiger charge is -2.05. The van der Waals surface area contributed by atoms with E-state index < -0.39 is 0 Å². The fourth-order valence-corrected chi connectivity index (χ4v) is 1.89. The minimum Gasteiger partial charge on any atom is -0.424 e. The Kier molecular flexibility index (Phi) is 2.68. The molecule has 90 valence electrons. The summed E-state index contributed by atoms with van der Waals surface area (Å²) in [7, 11) is 0. The zero-order valence-corrected chi connectivity index (χ0v) is 10.1. The lowest BCUT2D eigenvalue weighted by Crippen LogP contribution is -1.99. The van der Waals surface area contributed by atoms with Gasteiger partial charge in [0.05, 0.1) is 6.54 Å². The Morgan fingerprint density at radius 1 is 1.06 bits per heavy atom. The highest BCUT2D eigenvalue weighted by Gasteiger charge is 2.02. The normalized spacial score (nSPS) is 10.7. The molecular formula is C14H13N3O. The molecule has 0 spiro atoms. The van der Waals surface area contributed by atoms with Crippen LogP contribution in [0, 0.1) is 6.92 Å². The fraction of sp³-hybridized carbons (Fsp3) is 0.143. The summed E-state index contributed by atoms with van der Waals surface area (Å²) in [6.07, 6.45) is 0. The van der Waals surface area contributed by atoms with Crippen molar-refractivity contribution in [1.82, 2.24) is 10.2 Å². The number of aromatic nitrogens is 2. The molecule has 0 saturated heterocycles. The first-order valence-corrected chi connectivity index (χ1v) is 5.83. The summed E-state index contributed by atoms with van der Waals surface area (Å²) >= 11 is 0. The van der Waals surface area contributed by atoms with Crippen molar-refractivity contribution >= 4 is 16.5 Å². The predicted molar refractivity (Wildman–Crippen MR) is 70.3 cm³/mol. The summed E-state index contributed by atoms with van der Waals surface area (Å²) < 4.78 is 5.31. The number of aryl methyl sites for hydroxylation is 1. The first kappa shape index (κ1) is 10.8. The van der Waals surface area contributed by atoms with E-state index in [1.165, 1.54) is 10.8 Å². The van der Waals surface area contributed by atoms with Crippen LogP contribution in [0.1, 0.15) is 11.8 Å². The summed E-state index contributed by atoms with van der Waals surface area (Å²) in [6, 6.07) is 14.5. The average molecular weight is 239 g/mol. The Hall–Kier alpha value is -2.36. The second kappa shape index (κ2) is 4.49. The number of rotatable bonds is 3. The minimum absolute atomic E-state index is 0.541. The van der Waals surface area contributed by atoms with Gasteiger partial charge in [0.15, 0.2) is 0 Å². The number of anilines is 1. The highest BCUT2D eigenvalue weighted by molar-refractivity contribution is 5.85. The van der Waals surface area contributed by atoms with Gasteiger partial charge >= 0.3 is 0 Å². The van der Waals surface area contributed by atoms with Crippen LogP contribution in [0.2, 0.25) is 0 Å². The van der Waals surface area contributed by atoms with Gasteiger partial charge in [-0.25, -0.2) is 0 Å². The second-order valence-electron chi connectivity index (χ2n) is 4.13. The van der Waals surface area contributed by atoms with Crippen LogP contribution < -0.4 is 5.32 Å². The first-order valence-electron chi connectivity index (χ1n) is 5.83. The Morgan fingerprint density at radius 2 is 1.89 bits per heavy atom. The SMILES string of the molecule is Cc1nnc(CNc2ccc3ccccc3c2)o1. The highest BCUT2D eigenvalue weighted by atomic mass is 16.4. The monoisotopic (exact) mass is 239 g/mol. The summed E-state index contributed by atoms with van der Waals surface area (Å²) in [5.41, 5.74) is 1.05. The molecule has 4 nitrogen and oxygen atoms in total. The van der Waals surface area contributed by atoms with Gasteiger partial charge in [0, 0.05) is 12.6 Å². The van der Waals surface area contributed by atoms with Gasteiger partial charge in [0.25, 0.3) is 0 Å². The molecule has 0 bridgehead atoms. The van der Waals surface area contributed by atoms with E-state index in [2.05, 4.69) is 39.8 Å². The van der Waals surface area contributed by atoms with E-state index in [-0.39, 0.29) is 0 Å². The lowest BCUT2D eigenvalue weighted by atomic mass is 10.1. The van der Waals surface area contributed by atoms with Gasteiger partial charge < -0.3 is 9.73 Å². The topological polar surface area (TPSA) is 51.0 Å². The Labute approximate surface area is 105 Å². The van der Waals surface area contributed by atoms with Crippen molar-refractivity contribution in [2.24, 2.45) is 0 Å². The van der Waals surface area contributed by atoms with Gasteiger partial charge in [-0.05, 0) is 22.9 Å². The van der Waals surface area contributed by atoms with Crippen LogP contribution in [0.5, 0.6) is 0 Å². The maximum absolute atomic E-state index is 5.31. The first-order chi connectivity index (χ1) is 8.81. The third kappa shape index (κ3) is 2.18. The number of benzene rings is 2. The third-order valence-corrected chi connectivity index (χ3v) is 2.76. The van der Waals surface area contributed by atoms with Crippen molar-refractivity contribution in [2.75, 3.05) is 5.32 Å². The van der Waals surface area contributed by atoms with Crippen LogP contribution in [-0.2, 0) is 6.54 Å². The smallest absolute Gasteiger partial charge is 0.235 e. The Bertz CT molecular complexity index is 675. The van der Waals surface area contributed by atoms with Crippen LogP contribution in [0.25, 0.3) is 10.8 Å². The van der Waals surface area contributed by atoms with Crippen LogP contribution in [0.15, 0.2) is 46.9 Å². The van der Waals surface area contributed by atoms with E-state index in [9.17, 15) is 0 Å². The van der Waals surface area contributed by atoms with E-state index in [0.29, 0.717) is 18.3 Å². The van der Waals surface area contributed by atoms with Crippen molar-refractivity contribution in [3.05, 3.63) is 54.2 Å². The molecule has 0 saturated carbocycles. The second-order valence-corrected chi connectivity index (χ2v) is 4.13. The maximum atomic E-state index is 5.31. The average Bonchev–Trinajstić information content (AvgIpc) is 2.82. The van der Waals surface area contributed by atoms with Gasteiger partial charge in [0.2, 0.25) is 11.8 Å². The molecule has 0 unspecified atom stereocenters. The Balaban J connectivity index is 1.78. The summed E-state index contributed by atoms with van der Waals surface area (Å²) in [4.78, 5) is 0. The van der Waals surface area contributed by atoms with Crippen molar-refractivity contribution in [3.8, 4) is 0 Å². The van der Waals surface area contributed by atoms with Crippen molar-refractivity contribution in [2.45, 2.75) is 13.5 Å². The van der Waals surface area contributed by atoms with Gasteiger partial charge in [-0.2, -0.15) is 0 Å².